The van der Waals surface area contributed by atoms with Gasteiger partial charge < -0.3 is 11.1 Å². The minimum Gasteiger partial charge on any atom is -0.367 e. The van der Waals surface area contributed by atoms with Crippen LogP contribution in [0.5, 0.6) is 0 Å². The third-order valence-corrected chi connectivity index (χ3v) is 4.26. The Morgan fingerprint density at radius 2 is 2.09 bits per heavy atom. The first-order valence-corrected chi connectivity index (χ1v) is 7.85. The lowest BCUT2D eigenvalue weighted by molar-refractivity contribution is 0.684. The first-order valence-electron chi connectivity index (χ1n) is 7.85. The minimum absolute atomic E-state index is 0.285. The van der Waals surface area contributed by atoms with Crippen molar-refractivity contribution >= 4 is 11.5 Å². The number of nitrogens with zero attached hydrogens (tertiary/aromatic N) is 5. The smallest absolute Gasteiger partial charge is 0.157 e. The van der Waals surface area contributed by atoms with Crippen LogP contribution < -0.4 is 11.1 Å². The quantitative estimate of drug-likeness (QED) is 0.766. The van der Waals surface area contributed by atoms with Crippen LogP contribution in [0, 0.1) is 6.92 Å². The van der Waals surface area contributed by atoms with Gasteiger partial charge in [-0.15, -0.1) is 0 Å². The fraction of sp³-hybridized carbons (Fsp3) is 0.375. The molecule has 3 aromatic heterocycles. The highest BCUT2D eigenvalue weighted by atomic mass is 15.3. The van der Waals surface area contributed by atoms with Gasteiger partial charge in [-0.05, 0) is 26.2 Å². The SMILES string of the molecule is Cc1ncc(-c2cc(N[C@H]3CC[C@H](N)C3)n3nccc3n2)cn1. The zero-order chi connectivity index (χ0) is 15.8. The summed E-state index contributed by atoms with van der Waals surface area (Å²) < 4.78 is 1.82. The van der Waals surface area contributed by atoms with Crippen molar-refractivity contribution in [3.8, 4) is 11.3 Å². The summed E-state index contributed by atoms with van der Waals surface area (Å²) in [4.78, 5) is 13.2. The molecule has 118 valence electrons. The molecule has 4 rings (SSSR count). The van der Waals surface area contributed by atoms with Crippen LogP contribution in [-0.4, -0.2) is 36.6 Å². The number of fused-ring (bicyclic) bond motifs is 1. The monoisotopic (exact) mass is 309 g/mol. The van der Waals surface area contributed by atoms with Crippen molar-refractivity contribution in [2.24, 2.45) is 5.73 Å². The Balaban J connectivity index is 1.73. The second kappa shape index (κ2) is 5.58. The fourth-order valence-electron chi connectivity index (χ4n) is 3.05. The van der Waals surface area contributed by atoms with E-state index < -0.39 is 0 Å². The molecular weight excluding hydrogens is 290 g/mol. The summed E-state index contributed by atoms with van der Waals surface area (Å²) in [6.45, 7) is 1.87. The number of nitrogens with one attached hydrogen (secondary N) is 1. The zero-order valence-electron chi connectivity index (χ0n) is 13.0. The van der Waals surface area contributed by atoms with Crippen LogP contribution in [0.1, 0.15) is 25.1 Å². The van der Waals surface area contributed by atoms with Crippen LogP contribution in [0.25, 0.3) is 16.9 Å². The molecule has 0 spiro atoms. The van der Waals surface area contributed by atoms with Gasteiger partial charge in [0.05, 0.1) is 11.9 Å². The van der Waals surface area contributed by atoms with Crippen molar-refractivity contribution in [3.05, 3.63) is 36.5 Å². The molecule has 3 aromatic rings. The maximum Gasteiger partial charge on any atom is 0.157 e. The van der Waals surface area contributed by atoms with E-state index >= 15 is 0 Å². The summed E-state index contributed by atoms with van der Waals surface area (Å²) in [5.74, 6) is 1.67. The van der Waals surface area contributed by atoms with E-state index in [1.54, 1.807) is 18.6 Å². The maximum atomic E-state index is 6.02. The number of aromatic nitrogens is 5. The van der Waals surface area contributed by atoms with Crippen molar-refractivity contribution < 1.29 is 0 Å². The third kappa shape index (κ3) is 2.75. The summed E-state index contributed by atoms with van der Waals surface area (Å²) in [6.07, 6.45) is 8.47. The average molecular weight is 309 g/mol. The molecule has 7 heteroatoms. The van der Waals surface area contributed by atoms with Crippen LogP contribution in [-0.2, 0) is 0 Å². The molecule has 0 radical (unpaired) electrons. The van der Waals surface area contributed by atoms with E-state index in [-0.39, 0.29) is 6.04 Å². The average Bonchev–Trinajstić information content (AvgIpc) is 3.17. The van der Waals surface area contributed by atoms with Crippen molar-refractivity contribution in [3.63, 3.8) is 0 Å². The Hall–Kier alpha value is -2.54. The van der Waals surface area contributed by atoms with Crippen molar-refractivity contribution in [1.82, 2.24) is 24.6 Å². The lowest BCUT2D eigenvalue weighted by Crippen LogP contribution is -2.22. The van der Waals surface area contributed by atoms with Gasteiger partial charge in [-0.2, -0.15) is 9.61 Å². The van der Waals surface area contributed by atoms with E-state index in [9.17, 15) is 0 Å². The molecule has 1 aliphatic carbocycles. The molecule has 1 saturated carbocycles. The summed E-state index contributed by atoms with van der Waals surface area (Å²) in [5.41, 5.74) is 8.54. The largest absolute Gasteiger partial charge is 0.367 e. The molecule has 0 amide bonds. The Kier molecular flexibility index (Phi) is 3.42. The van der Waals surface area contributed by atoms with Crippen LogP contribution >= 0.6 is 0 Å². The van der Waals surface area contributed by atoms with Crippen LogP contribution in [0.4, 0.5) is 5.82 Å². The topological polar surface area (TPSA) is 94.0 Å². The molecule has 7 nitrogen and oxygen atoms in total. The van der Waals surface area contributed by atoms with Crippen LogP contribution in [0.3, 0.4) is 0 Å². The van der Waals surface area contributed by atoms with E-state index in [2.05, 4.69) is 25.4 Å². The van der Waals surface area contributed by atoms with Gasteiger partial charge in [-0.1, -0.05) is 0 Å². The second-order valence-electron chi connectivity index (χ2n) is 6.06. The van der Waals surface area contributed by atoms with E-state index in [0.29, 0.717) is 6.04 Å². The fourth-order valence-corrected chi connectivity index (χ4v) is 3.05. The van der Waals surface area contributed by atoms with Gasteiger partial charge in [-0.25, -0.2) is 15.0 Å². The highest BCUT2D eigenvalue weighted by molar-refractivity contribution is 5.65. The summed E-state index contributed by atoms with van der Waals surface area (Å²) >= 11 is 0. The molecule has 0 aromatic carbocycles. The van der Waals surface area contributed by atoms with Crippen molar-refractivity contribution in [2.75, 3.05) is 5.32 Å². The van der Waals surface area contributed by atoms with E-state index in [1.807, 2.05) is 23.6 Å². The summed E-state index contributed by atoms with van der Waals surface area (Å²) in [6, 6.07) is 4.55. The molecule has 0 bridgehead atoms. The zero-order valence-corrected chi connectivity index (χ0v) is 13.0. The van der Waals surface area contributed by atoms with Gasteiger partial charge in [0, 0.05) is 42.2 Å². The first-order chi connectivity index (χ1) is 11.2. The van der Waals surface area contributed by atoms with Crippen molar-refractivity contribution in [1.29, 1.82) is 0 Å². The van der Waals surface area contributed by atoms with Gasteiger partial charge in [0.1, 0.15) is 11.6 Å². The number of hydrogen-bond acceptors (Lipinski definition) is 6. The Bertz CT molecular complexity index is 824. The highest BCUT2D eigenvalue weighted by Crippen LogP contribution is 2.25. The molecule has 0 aliphatic heterocycles. The van der Waals surface area contributed by atoms with E-state index in [0.717, 1.165) is 47.8 Å². The predicted octanol–water partition coefficient (Wildman–Crippen LogP) is 1.79. The molecular formula is C16H19N7. The number of anilines is 1. The van der Waals surface area contributed by atoms with Gasteiger partial charge in [0.15, 0.2) is 5.65 Å². The first kappa shape index (κ1) is 14.1. The summed E-state index contributed by atoms with van der Waals surface area (Å²) in [5, 5.41) is 7.92. The molecule has 1 fully saturated rings. The van der Waals surface area contributed by atoms with E-state index in [4.69, 9.17) is 5.73 Å². The molecule has 1 aliphatic rings. The van der Waals surface area contributed by atoms with Crippen LogP contribution in [0.15, 0.2) is 30.7 Å². The Morgan fingerprint density at radius 3 is 2.83 bits per heavy atom. The highest BCUT2D eigenvalue weighted by Gasteiger charge is 2.22. The van der Waals surface area contributed by atoms with Gasteiger partial charge in [-0.3, -0.25) is 0 Å². The predicted molar refractivity (Wildman–Crippen MR) is 88.0 cm³/mol. The summed E-state index contributed by atoms with van der Waals surface area (Å²) in [7, 11) is 0. The Morgan fingerprint density at radius 1 is 1.26 bits per heavy atom. The van der Waals surface area contributed by atoms with Gasteiger partial charge in [0.25, 0.3) is 0 Å². The number of rotatable bonds is 3. The maximum absolute atomic E-state index is 6.02. The van der Waals surface area contributed by atoms with Gasteiger partial charge in [0.2, 0.25) is 0 Å². The number of nitrogens with two attached hydrogens (primary N) is 1. The van der Waals surface area contributed by atoms with Crippen LogP contribution in [0.2, 0.25) is 0 Å². The molecule has 23 heavy (non-hydrogen) atoms. The second-order valence-corrected chi connectivity index (χ2v) is 6.06. The Labute approximate surface area is 134 Å². The minimum atomic E-state index is 0.285. The third-order valence-electron chi connectivity index (χ3n) is 4.26. The lowest BCUT2D eigenvalue weighted by atomic mass is 10.2. The normalized spacial score (nSPS) is 21.0. The van der Waals surface area contributed by atoms with E-state index in [1.165, 1.54) is 0 Å². The molecule has 3 N–H and O–H groups in total. The van der Waals surface area contributed by atoms with Crippen molar-refractivity contribution in [2.45, 2.75) is 38.3 Å². The molecule has 2 atom stereocenters. The molecule has 0 unspecified atom stereocenters. The number of hydrogen-bond donors (Lipinski definition) is 2. The molecule has 3 heterocycles. The van der Waals surface area contributed by atoms with Gasteiger partial charge >= 0.3 is 0 Å². The lowest BCUT2D eigenvalue weighted by Gasteiger charge is -2.16. The standard InChI is InChI=1S/C16H19N7/c1-10-18-8-11(9-19-10)14-7-16(21-13-3-2-12(17)6-13)23-15(22-14)4-5-20-23/h4-5,7-9,12-13,21H,2-3,6,17H2,1H3/t12-,13-/m0/s1. The number of aryl methyl sites for hydroxylation is 1. The molecule has 0 saturated heterocycles.